The van der Waals surface area contributed by atoms with E-state index in [9.17, 15) is 9.59 Å². The third-order valence-electron chi connectivity index (χ3n) is 6.43. The molecule has 4 nitrogen and oxygen atoms in total. The topological polar surface area (TPSA) is 86.2 Å². The molecule has 2 aliphatic rings. The Balaban J connectivity index is 1.89. The Hall–Kier alpha value is -2.62. The number of fused-ring (bicyclic) bond motifs is 2. The van der Waals surface area contributed by atoms with E-state index in [0.29, 0.717) is 0 Å². The van der Waals surface area contributed by atoms with Crippen molar-refractivity contribution in [2.45, 2.75) is 43.9 Å². The van der Waals surface area contributed by atoms with Crippen LogP contribution in [-0.4, -0.2) is 11.8 Å². The Morgan fingerprint density at radius 3 is 1.73 bits per heavy atom. The van der Waals surface area contributed by atoms with Crippen LogP contribution in [0.5, 0.6) is 0 Å². The van der Waals surface area contributed by atoms with Crippen molar-refractivity contribution in [1.29, 1.82) is 0 Å². The van der Waals surface area contributed by atoms with E-state index in [1.54, 1.807) is 0 Å². The van der Waals surface area contributed by atoms with Crippen LogP contribution < -0.4 is 11.5 Å². The molecule has 0 unspecified atom stereocenters. The molecule has 0 saturated carbocycles. The predicted molar refractivity (Wildman–Crippen MR) is 100 cm³/mol. The van der Waals surface area contributed by atoms with Gasteiger partial charge in [0.15, 0.2) is 0 Å². The summed E-state index contributed by atoms with van der Waals surface area (Å²) in [5, 5.41) is 0. The number of primary amides is 2. The van der Waals surface area contributed by atoms with Gasteiger partial charge in [-0.1, -0.05) is 48.5 Å². The molecule has 0 radical (unpaired) electrons. The number of amides is 2. The minimum Gasteiger partial charge on any atom is -0.370 e. The average Bonchev–Trinajstić information content (AvgIpc) is 3.24. The van der Waals surface area contributed by atoms with Gasteiger partial charge in [0.25, 0.3) is 0 Å². The molecule has 0 aliphatic heterocycles. The summed E-state index contributed by atoms with van der Waals surface area (Å²) < 4.78 is 0. The second-order valence-electron chi connectivity index (χ2n) is 7.63. The number of nitrogens with two attached hydrogens (primary N) is 2. The van der Waals surface area contributed by atoms with E-state index < -0.39 is 17.2 Å². The van der Waals surface area contributed by atoms with E-state index in [-0.39, 0.29) is 18.3 Å². The Morgan fingerprint density at radius 2 is 1.31 bits per heavy atom. The van der Waals surface area contributed by atoms with Crippen LogP contribution in [0.2, 0.25) is 0 Å². The van der Waals surface area contributed by atoms with Crippen LogP contribution in [0.3, 0.4) is 0 Å². The number of hydrogen-bond acceptors (Lipinski definition) is 2. The van der Waals surface area contributed by atoms with Crippen LogP contribution in [0.4, 0.5) is 0 Å². The lowest BCUT2D eigenvalue weighted by Gasteiger charge is -2.41. The Labute approximate surface area is 153 Å². The summed E-state index contributed by atoms with van der Waals surface area (Å²) in [5.41, 5.74) is 15.5. The highest BCUT2D eigenvalue weighted by Gasteiger charge is 2.54. The smallest absolute Gasteiger partial charge is 0.225 e. The van der Waals surface area contributed by atoms with Crippen molar-refractivity contribution in [3.63, 3.8) is 0 Å². The maximum atomic E-state index is 13.0. The summed E-state index contributed by atoms with van der Waals surface area (Å²) in [7, 11) is 0. The molecular formula is C22H24N2O2. The Bertz CT molecular complexity index is 818. The highest BCUT2D eigenvalue weighted by molar-refractivity contribution is 5.90. The highest BCUT2D eigenvalue weighted by atomic mass is 16.2. The summed E-state index contributed by atoms with van der Waals surface area (Å²) in [6, 6.07) is 16.4. The van der Waals surface area contributed by atoms with Gasteiger partial charge >= 0.3 is 0 Å². The third kappa shape index (κ3) is 2.44. The number of carbonyl (C=O) groups excluding carboxylic acids is 2. The first-order valence-electron chi connectivity index (χ1n) is 9.28. The van der Waals surface area contributed by atoms with E-state index in [0.717, 1.165) is 36.8 Å². The average molecular weight is 348 g/mol. The van der Waals surface area contributed by atoms with Crippen molar-refractivity contribution >= 4 is 11.8 Å². The van der Waals surface area contributed by atoms with E-state index >= 15 is 0 Å². The molecule has 2 aromatic carbocycles. The molecule has 2 aromatic rings. The molecule has 2 amide bonds. The molecule has 4 heteroatoms. The van der Waals surface area contributed by atoms with Gasteiger partial charge in [0.1, 0.15) is 0 Å². The van der Waals surface area contributed by atoms with Crippen LogP contribution >= 0.6 is 0 Å². The predicted octanol–water partition coefficient (Wildman–Crippen LogP) is 2.79. The Kier molecular flexibility index (Phi) is 4.06. The molecule has 0 fully saturated rings. The normalized spacial score (nSPS) is 21.2. The van der Waals surface area contributed by atoms with Crippen LogP contribution in [0.1, 0.15) is 53.4 Å². The zero-order valence-corrected chi connectivity index (χ0v) is 14.8. The summed E-state index contributed by atoms with van der Waals surface area (Å²) in [6.07, 6.45) is 3.47. The summed E-state index contributed by atoms with van der Waals surface area (Å²) in [6.45, 7) is 0. The molecule has 0 bridgehead atoms. The fraction of sp³-hybridized carbons (Fsp3) is 0.364. The molecule has 4 rings (SSSR count). The maximum Gasteiger partial charge on any atom is 0.225 e. The van der Waals surface area contributed by atoms with Gasteiger partial charge in [-0.3, -0.25) is 9.59 Å². The fourth-order valence-electron chi connectivity index (χ4n) is 5.39. The standard InChI is InChI=1S/C22H24N2O2/c23-20(25)13-22(21(24)26,18-11-9-14-5-1-3-7-16(14)18)19-12-10-15-6-2-4-8-17(15)19/h1-8,18-19H,9-13H2,(H2,23,25)(H2,24,26)/t18-,19-/m1/s1. The first-order chi connectivity index (χ1) is 12.5. The summed E-state index contributed by atoms with van der Waals surface area (Å²) >= 11 is 0. The van der Waals surface area contributed by atoms with E-state index in [1.165, 1.54) is 11.1 Å². The summed E-state index contributed by atoms with van der Waals surface area (Å²) in [5.74, 6) is -1.00. The van der Waals surface area contributed by atoms with Crippen LogP contribution in [0.25, 0.3) is 0 Å². The van der Waals surface area contributed by atoms with Crippen molar-refractivity contribution in [1.82, 2.24) is 0 Å². The third-order valence-corrected chi connectivity index (χ3v) is 6.43. The van der Waals surface area contributed by atoms with E-state index in [2.05, 4.69) is 24.3 Å². The highest BCUT2D eigenvalue weighted by Crippen LogP contribution is 2.57. The largest absolute Gasteiger partial charge is 0.370 e. The SMILES string of the molecule is NC(=O)CC(C(N)=O)([C@@H]1CCc2ccccc21)[C@@H]1CCc2ccccc21. The van der Waals surface area contributed by atoms with Gasteiger partial charge in [-0.15, -0.1) is 0 Å². The molecule has 2 atom stereocenters. The van der Waals surface area contributed by atoms with Gasteiger partial charge in [0, 0.05) is 6.42 Å². The lowest BCUT2D eigenvalue weighted by Crippen LogP contribution is -2.48. The minimum absolute atomic E-state index is 0.000333. The molecular weight excluding hydrogens is 324 g/mol. The molecule has 4 N–H and O–H groups in total. The molecule has 2 aliphatic carbocycles. The quantitative estimate of drug-likeness (QED) is 0.870. The zero-order valence-electron chi connectivity index (χ0n) is 14.8. The van der Waals surface area contributed by atoms with Crippen molar-refractivity contribution in [2.75, 3.05) is 0 Å². The van der Waals surface area contributed by atoms with Crippen molar-refractivity contribution in [3.8, 4) is 0 Å². The van der Waals surface area contributed by atoms with Crippen LogP contribution in [-0.2, 0) is 22.4 Å². The number of rotatable bonds is 5. The fourth-order valence-corrected chi connectivity index (χ4v) is 5.39. The van der Waals surface area contributed by atoms with Gasteiger partial charge in [0.05, 0.1) is 5.41 Å². The van der Waals surface area contributed by atoms with Gasteiger partial charge in [-0.2, -0.15) is 0 Å². The van der Waals surface area contributed by atoms with Crippen LogP contribution in [0.15, 0.2) is 48.5 Å². The van der Waals surface area contributed by atoms with Gasteiger partial charge in [-0.25, -0.2) is 0 Å². The Morgan fingerprint density at radius 1 is 0.846 bits per heavy atom. The number of aryl methyl sites for hydroxylation is 2. The molecule has 26 heavy (non-hydrogen) atoms. The molecule has 0 saturated heterocycles. The van der Waals surface area contributed by atoms with Crippen molar-refractivity contribution in [2.24, 2.45) is 16.9 Å². The zero-order chi connectivity index (χ0) is 18.3. The van der Waals surface area contributed by atoms with Gasteiger partial charge < -0.3 is 11.5 Å². The van der Waals surface area contributed by atoms with Gasteiger partial charge in [-0.05, 0) is 59.8 Å². The van der Waals surface area contributed by atoms with E-state index in [1.807, 2.05) is 24.3 Å². The monoisotopic (exact) mass is 348 g/mol. The number of hydrogen-bond donors (Lipinski definition) is 2. The minimum atomic E-state index is -0.967. The second kappa shape index (κ2) is 6.27. The number of benzene rings is 2. The molecule has 0 heterocycles. The van der Waals surface area contributed by atoms with E-state index in [4.69, 9.17) is 11.5 Å². The first-order valence-corrected chi connectivity index (χ1v) is 9.28. The van der Waals surface area contributed by atoms with Gasteiger partial charge in [0.2, 0.25) is 11.8 Å². The lowest BCUT2D eigenvalue weighted by atomic mass is 9.60. The van der Waals surface area contributed by atoms with Crippen molar-refractivity contribution in [3.05, 3.63) is 70.8 Å². The first kappa shape index (κ1) is 16.8. The second-order valence-corrected chi connectivity index (χ2v) is 7.63. The number of carbonyl (C=O) groups is 2. The van der Waals surface area contributed by atoms with Crippen molar-refractivity contribution < 1.29 is 9.59 Å². The molecule has 134 valence electrons. The molecule has 0 spiro atoms. The lowest BCUT2D eigenvalue weighted by molar-refractivity contribution is -0.136. The van der Waals surface area contributed by atoms with Crippen LogP contribution in [0, 0.1) is 5.41 Å². The molecule has 0 aromatic heterocycles. The maximum absolute atomic E-state index is 13.0. The summed E-state index contributed by atoms with van der Waals surface area (Å²) in [4.78, 5) is 25.0.